The Labute approximate surface area is 124 Å². The van der Waals surface area contributed by atoms with Gasteiger partial charge in [-0.2, -0.15) is 0 Å². The third-order valence-electron chi connectivity index (χ3n) is 2.60. The van der Waals surface area contributed by atoms with Gasteiger partial charge in [-0.15, -0.1) is 0 Å². The summed E-state index contributed by atoms with van der Waals surface area (Å²) < 4.78 is 0. The van der Waals surface area contributed by atoms with Crippen molar-refractivity contribution in [1.82, 2.24) is 0 Å². The number of rotatable bonds is 4. The number of halogens is 2. The zero-order valence-electron chi connectivity index (χ0n) is 10.1. The van der Waals surface area contributed by atoms with Crippen LogP contribution in [0.2, 0.25) is 10.0 Å². The second kappa shape index (κ2) is 5.96. The first-order chi connectivity index (χ1) is 9.54. The molecule has 0 aromatic heterocycles. The molecule has 0 atom stereocenters. The number of hydrogen-bond donors (Lipinski definition) is 3. The Morgan fingerprint density at radius 1 is 1.05 bits per heavy atom. The van der Waals surface area contributed by atoms with Crippen molar-refractivity contribution in [2.45, 2.75) is 0 Å². The van der Waals surface area contributed by atoms with Gasteiger partial charge in [0.05, 0.1) is 20.7 Å². The molecule has 0 heterocycles. The zero-order valence-corrected chi connectivity index (χ0v) is 11.6. The van der Waals surface area contributed by atoms with Crippen LogP contribution in [0.5, 0.6) is 0 Å². The average Bonchev–Trinajstić information content (AvgIpc) is 2.42. The number of hydrogen-bond acceptors (Lipinski definition) is 5. The fraction of sp³-hybridized carbons (Fsp3) is 0. The standard InChI is InChI=1S/C12H10Cl2N4O2/c13-7-3-1-4-8(14)11(7)16-9-5-2-6-10(17-15)12(9)18(19)20/h1-6,16-17H,15H2. The van der Waals surface area contributed by atoms with E-state index in [4.69, 9.17) is 29.0 Å². The number of para-hydroxylation sites is 2. The molecule has 0 saturated carbocycles. The molecule has 20 heavy (non-hydrogen) atoms. The molecular formula is C12H10Cl2N4O2. The fourth-order valence-electron chi connectivity index (χ4n) is 1.71. The van der Waals surface area contributed by atoms with Crippen LogP contribution < -0.4 is 16.6 Å². The topological polar surface area (TPSA) is 93.2 Å². The van der Waals surface area contributed by atoms with Gasteiger partial charge in [-0.25, -0.2) is 0 Å². The van der Waals surface area contributed by atoms with E-state index >= 15 is 0 Å². The first-order valence-corrected chi connectivity index (χ1v) is 6.25. The maximum atomic E-state index is 11.2. The molecule has 2 rings (SSSR count). The summed E-state index contributed by atoms with van der Waals surface area (Å²) in [5, 5.41) is 14.7. The SMILES string of the molecule is NNc1cccc(Nc2c(Cl)cccc2Cl)c1[N+](=O)[O-]. The van der Waals surface area contributed by atoms with Crippen LogP contribution in [0.3, 0.4) is 0 Å². The van der Waals surface area contributed by atoms with Gasteiger partial charge >= 0.3 is 5.69 Å². The van der Waals surface area contributed by atoms with Crippen LogP contribution in [0, 0.1) is 10.1 Å². The van der Waals surface area contributed by atoms with E-state index in [1.807, 2.05) is 0 Å². The third-order valence-corrected chi connectivity index (χ3v) is 3.23. The number of nitrogens with zero attached hydrogens (tertiary/aromatic N) is 1. The Kier molecular flexibility index (Phi) is 4.29. The highest BCUT2D eigenvalue weighted by Crippen LogP contribution is 2.38. The van der Waals surface area contributed by atoms with Gasteiger partial charge in [-0.3, -0.25) is 16.0 Å². The zero-order chi connectivity index (χ0) is 14.7. The van der Waals surface area contributed by atoms with Gasteiger partial charge in [0.1, 0.15) is 11.4 Å². The third kappa shape index (κ3) is 2.77. The molecule has 0 unspecified atom stereocenters. The van der Waals surface area contributed by atoms with Gasteiger partial charge in [-0.1, -0.05) is 35.3 Å². The van der Waals surface area contributed by atoms with Crippen molar-refractivity contribution >= 4 is 46.0 Å². The lowest BCUT2D eigenvalue weighted by molar-refractivity contribution is -0.383. The molecule has 2 aromatic rings. The molecular weight excluding hydrogens is 303 g/mol. The summed E-state index contributed by atoms with van der Waals surface area (Å²) in [4.78, 5) is 10.6. The molecule has 6 nitrogen and oxygen atoms in total. The molecule has 0 saturated heterocycles. The van der Waals surface area contributed by atoms with Crippen LogP contribution in [-0.2, 0) is 0 Å². The monoisotopic (exact) mass is 312 g/mol. The molecule has 0 aliphatic carbocycles. The van der Waals surface area contributed by atoms with Crippen molar-refractivity contribution in [3.63, 3.8) is 0 Å². The van der Waals surface area contributed by atoms with E-state index in [0.717, 1.165) is 0 Å². The quantitative estimate of drug-likeness (QED) is 0.452. The van der Waals surface area contributed by atoms with Gasteiger partial charge in [0.15, 0.2) is 0 Å². The first-order valence-electron chi connectivity index (χ1n) is 5.49. The maximum Gasteiger partial charge on any atom is 0.316 e. The van der Waals surface area contributed by atoms with E-state index in [9.17, 15) is 10.1 Å². The molecule has 2 aromatic carbocycles. The summed E-state index contributed by atoms with van der Waals surface area (Å²) in [5.41, 5.74) is 2.91. The summed E-state index contributed by atoms with van der Waals surface area (Å²) in [6, 6.07) is 9.60. The van der Waals surface area contributed by atoms with Gasteiger partial charge in [-0.05, 0) is 24.3 Å². The lowest BCUT2D eigenvalue weighted by Gasteiger charge is -2.12. The molecule has 0 amide bonds. The Morgan fingerprint density at radius 2 is 1.60 bits per heavy atom. The van der Waals surface area contributed by atoms with Crippen LogP contribution >= 0.6 is 23.2 Å². The predicted molar refractivity (Wildman–Crippen MR) is 80.7 cm³/mol. The molecule has 0 aliphatic heterocycles. The van der Waals surface area contributed by atoms with Crippen molar-refractivity contribution in [2.24, 2.45) is 5.84 Å². The molecule has 0 fully saturated rings. The van der Waals surface area contributed by atoms with E-state index in [-0.39, 0.29) is 17.1 Å². The van der Waals surface area contributed by atoms with Crippen LogP contribution in [0.4, 0.5) is 22.7 Å². The highest BCUT2D eigenvalue weighted by Gasteiger charge is 2.20. The number of nitrogens with one attached hydrogen (secondary N) is 2. The highest BCUT2D eigenvalue weighted by molar-refractivity contribution is 6.39. The smallest absolute Gasteiger partial charge is 0.316 e. The van der Waals surface area contributed by atoms with Gasteiger partial charge < -0.3 is 10.7 Å². The summed E-state index contributed by atoms with van der Waals surface area (Å²) in [6.07, 6.45) is 0. The van der Waals surface area contributed by atoms with Gasteiger partial charge in [0.2, 0.25) is 0 Å². The first kappa shape index (κ1) is 14.4. The van der Waals surface area contributed by atoms with Crippen molar-refractivity contribution < 1.29 is 4.92 Å². The lowest BCUT2D eigenvalue weighted by Crippen LogP contribution is -2.10. The van der Waals surface area contributed by atoms with Crippen molar-refractivity contribution in [2.75, 3.05) is 10.7 Å². The largest absolute Gasteiger partial charge is 0.347 e. The second-order valence-electron chi connectivity index (χ2n) is 3.82. The fourth-order valence-corrected chi connectivity index (χ4v) is 2.20. The molecule has 0 spiro atoms. The van der Waals surface area contributed by atoms with Crippen LogP contribution in [0.25, 0.3) is 0 Å². The van der Waals surface area contributed by atoms with Crippen molar-refractivity contribution in [1.29, 1.82) is 0 Å². The molecule has 0 bridgehead atoms. The van der Waals surface area contributed by atoms with Gasteiger partial charge in [0.25, 0.3) is 0 Å². The summed E-state index contributed by atoms with van der Waals surface area (Å²) >= 11 is 12.1. The minimum atomic E-state index is -0.539. The Hall–Kier alpha value is -2.02. The van der Waals surface area contributed by atoms with E-state index < -0.39 is 4.92 Å². The number of nitrogen functional groups attached to an aromatic ring is 1. The van der Waals surface area contributed by atoms with E-state index in [2.05, 4.69) is 10.7 Å². The lowest BCUT2D eigenvalue weighted by atomic mass is 10.2. The Morgan fingerprint density at radius 3 is 2.15 bits per heavy atom. The average molecular weight is 313 g/mol. The normalized spacial score (nSPS) is 10.2. The molecule has 104 valence electrons. The minimum Gasteiger partial charge on any atom is -0.347 e. The summed E-state index contributed by atoms with van der Waals surface area (Å²) in [6.45, 7) is 0. The number of nitrogens with two attached hydrogens (primary N) is 1. The van der Waals surface area contributed by atoms with Crippen LogP contribution in [0.15, 0.2) is 36.4 Å². The summed E-state index contributed by atoms with van der Waals surface area (Å²) in [7, 11) is 0. The molecule has 8 heteroatoms. The number of anilines is 3. The highest BCUT2D eigenvalue weighted by atomic mass is 35.5. The van der Waals surface area contributed by atoms with Crippen molar-refractivity contribution in [3.05, 3.63) is 56.6 Å². The maximum absolute atomic E-state index is 11.2. The Balaban J connectivity index is 2.51. The van der Waals surface area contributed by atoms with Crippen LogP contribution in [0.1, 0.15) is 0 Å². The number of benzene rings is 2. The van der Waals surface area contributed by atoms with E-state index in [0.29, 0.717) is 15.7 Å². The molecule has 4 N–H and O–H groups in total. The second-order valence-corrected chi connectivity index (χ2v) is 4.64. The minimum absolute atomic E-state index is 0.183. The van der Waals surface area contributed by atoms with E-state index in [1.165, 1.54) is 6.07 Å². The number of hydrazine groups is 1. The number of nitro benzene ring substituents is 1. The predicted octanol–water partition coefficient (Wildman–Crippen LogP) is 3.93. The van der Waals surface area contributed by atoms with E-state index in [1.54, 1.807) is 30.3 Å². The van der Waals surface area contributed by atoms with Crippen LogP contribution in [-0.4, -0.2) is 4.92 Å². The Bertz CT molecular complexity index is 644. The van der Waals surface area contributed by atoms with Gasteiger partial charge in [0, 0.05) is 0 Å². The number of nitro groups is 1. The molecule has 0 radical (unpaired) electrons. The van der Waals surface area contributed by atoms with Crippen molar-refractivity contribution in [3.8, 4) is 0 Å². The summed E-state index contributed by atoms with van der Waals surface area (Å²) in [5.74, 6) is 5.28. The molecule has 0 aliphatic rings.